The number of carbonyl (C=O) groups excluding carboxylic acids is 1. The number of aliphatic hydroxyl groups is 1. The lowest BCUT2D eigenvalue weighted by Gasteiger charge is -2.26. The number of phosphoric acid groups is 1. The number of quaternary nitrogens is 1. The first-order valence-corrected chi connectivity index (χ1v) is 34.4. The van der Waals surface area contributed by atoms with Crippen LogP contribution < -0.4 is 5.32 Å². The van der Waals surface area contributed by atoms with Gasteiger partial charge in [0.2, 0.25) is 5.91 Å². The first-order chi connectivity index (χ1) is 38.0. The predicted octanol–water partition coefficient (Wildman–Crippen LogP) is 20.8. The molecule has 9 heteroatoms. The van der Waals surface area contributed by atoms with Crippen molar-refractivity contribution in [3.05, 3.63) is 85.1 Å². The zero-order valence-electron chi connectivity index (χ0n) is 51.9. The monoisotopic (exact) mass is 1110 g/mol. The van der Waals surface area contributed by atoms with E-state index in [2.05, 4.69) is 104 Å². The Hall–Kier alpha value is -2.32. The molecular formula is C69H128N2O6P+. The van der Waals surface area contributed by atoms with E-state index in [1.807, 2.05) is 21.1 Å². The molecule has 0 aromatic rings. The van der Waals surface area contributed by atoms with Gasteiger partial charge in [0.25, 0.3) is 0 Å². The smallest absolute Gasteiger partial charge is 0.391 e. The van der Waals surface area contributed by atoms with Gasteiger partial charge in [-0.05, 0) is 64.2 Å². The fraction of sp³-hybridized carbons (Fsp3) is 0.783. The van der Waals surface area contributed by atoms with Crippen LogP contribution in [0, 0.1) is 0 Å². The van der Waals surface area contributed by atoms with Crippen LogP contribution >= 0.6 is 7.82 Å². The van der Waals surface area contributed by atoms with E-state index in [-0.39, 0.29) is 19.1 Å². The number of hydrogen-bond donors (Lipinski definition) is 3. The number of aliphatic hydroxyl groups excluding tert-OH is 1. The molecule has 0 aromatic carbocycles. The van der Waals surface area contributed by atoms with Gasteiger partial charge in [-0.3, -0.25) is 13.8 Å². The topological polar surface area (TPSA) is 105 Å². The molecule has 0 radical (unpaired) electrons. The number of allylic oxidation sites excluding steroid dienone is 14. The number of nitrogens with zero attached hydrogens (tertiary/aromatic N) is 1. The van der Waals surface area contributed by atoms with Gasteiger partial charge in [0, 0.05) is 6.42 Å². The van der Waals surface area contributed by atoms with Crippen molar-refractivity contribution in [3.63, 3.8) is 0 Å². The van der Waals surface area contributed by atoms with E-state index in [9.17, 15) is 19.4 Å². The van der Waals surface area contributed by atoms with Crippen LogP contribution in [0.5, 0.6) is 0 Å². The highest BCUT2D eigenvalue weighted by Crippen LogP contribution is 2.43. The largest absolute Gasteiger partial charge is 0.472 e. The van der Waals surface area contributed by atoms with Crippen molar-refractivity contribution in [1.82, 2.24) is 5.32 Å². The third-order valence-electron chi connectivity index (χ3n) is 14.7. The van der Waals surface area contributed by atoms with Crippen molar-refractivity contribution in [3.8, 4) is 0 Å². The Morgan fingerprint density at radius 2 is 0.756 bits per heavy atom. The predicted molar refractivity (Wildman–Crippen MR) is 341 cm³/mol. The molecule has 0 saturated carbocycles. The fourth-order valence-electron chi connectivity index (χ4n) is 9.57. The molecule has 0 saturated heterocycles. The lowest BCUT2D eigenvalue weighted by molar-refractivity contribution is -0.870. The van der Waals surface area contributed by atoms with Gasteiger partial charge in [-0.2, -0.15) is 0 Å². The average Bonchev–Trinajstić information content (AvgIpc) is 3.41. The summed E-state index contributed by atoms with van der Waals surface area (Å²) in [6.07, 6.45) is 84.1. The van der Waals surface area contributed by atoms with E-state index < -0.39 is 20.0 Å². The highest BCUT2D eigenvalue weighted by atomic mass is 31.2. The molecule has 454 valence electrons. The Morgan fingerprint density at radius 1 is 0.449 bits per heavy atom. The summed E-state index contributed by atoms with van der Waals surface area (Å²) >= 11 is 0. The quantitative estimate of drug-likeness (QED) is 0.0243. The lowest BCUT2D eigenvalue weighted by Crippen LogP contribution is -2.46. The van der Waals surface area contributed by atoms with Crippen LogP contribution in [0.25, 0.3) is 0 Å². The summed E-state index contributed by atoms with van der Waals surface area (Å²) in [5, 5.41) is 14.1. The van der Waals surface area contributed by atoms with Crippen LogP contribution in [0.2, 0.25) is 0 Å². The molecule has 3 unspecified atom stereocenters. The Morgan fingerprint density at radius 3 is 1.08 bits per heavy atom. The van der Waals surface area contributed by atoms with Crippen molar-refractivity contribution in [1.29, 1.82) is 0 Å². The van der Waals surface area contributed by atoms with Crippen LogP contribution in [0.15, 0.2) is 85.1 Å². The highest BCUT2D eigenvalue weighted by molar-refractivity contribution is 7.47. The normalized spacial score (nSPS) is 14.3. The minimum absolute atomic E-state index is 0.0597. The molecule has 3 N–H and O–H groups in total. The number of phosphoric ester groups is 1. The number of nitrogens with one attached hydrogen (secondary N) is 1. The number of carbonyl (C=O) groups is 1. The zero-order chi connectivity index (χ0) is 57.0. The van der Waals surface area contributed by atoms with Crippen LogP contribution in [-0.2, 0) is 18.4 Å². The molecule has 0 fully saturated rings. The van der Waals surface area contributed by atoms with Crippen molar-refractivity contribution in [2.45, 2.75) is 309 Å². The number of hydrogen-bond acceptors (Lipinski definition) is 5. The first kappa shape index (κ1) is 75.7. The summed E-state index contributed by atoms with van der Waals surface area (Å²) in [5.74, 6) is -0.201. The second-order valence-corrected chi connectivity index (χ2v) is 24.9. The van der Waals surface area contributed by atoms with Crippen molar-refractivity contribution < 1.29 is 32.9 Å². The van der Waals surface area contributed by atoms with Crippen LogP contribution in [0.1, 0.15) is 296 Å². The van der Waals surface area contributed by atoms with Gasteiger partial charge in [0.15, 0.2) is 0 Å². The van der Waals surface area contributed by atoms with Crippen LogP contribution in [-0.4, -0.2) is 73.4 Å². The van der Waals surface area contributed by atoms with Crippen molar-refractivity contribution in [2.75, 3.05) is 40.9 Å². The van der Waals surface area contributed by atoms with Crippen molar-refractivity contribution >= 4 is 13.7 Å². The number of likely N-dealkylation sites (N-methyl/N-ethyl adjacent to an activating group) is 1. The summed E-state index contributed by atoms with van der Waals surface area (Å²) in [7, 11) is 1.57. The zero-order valence-corrected chi connectivity index (χ0v) is 52.8. The third-order valence-corrected chi connectivity index (χ3v) is 15.6. The van der Waals surface area contributed by atoms with E-state index >= 15 is 0 Å². The summed E-state index contributed by atoms with van der Waals surface area (Å²) in [5.41, 5.74) is 0. The summed E-state index contributed by atoms with van der Waals surface area (Å²) in [6, 6.07) is -0.799. The molecule has 0 aromatic heterocycles. The first-order valence-electron chi connectivity index (χ1n) is 33.0. The van der Waals surface area contributed by atoms with Crippen LogP contribution in [0.3, 0.4) is 0 Å². The van der Waals surface area contributed by atoms with E-state index in [1.54, 1.807) is 0 Å². The Kier molecular flexibility index (Phi) is 57.5. The van der Waals surface area contributed by atoms with Gasteiger partial charge in [0.1, 0.15) is 13.2 Å². The summed E-state index contributed by atoms with van der Waals surface area (Å²) < 4.78 is 23.8. The molecule has 0 aliphatic heterocycles. The van der Waals surface area contributed by atoms with E-state index in [0.29, 0.717) is 30.3 Å². The molecule has 0 bridgehead atoms. The molecule has 0 aliphatic carbocycles. The standard InChI is InChI=1S/C69H127N2O6P/c1-6-8-10-12-14-16-18-20-22-24-26-28-30-31-32-33-34-35-36-37-38-39-41-42-44-46-48-50-52-54-56-58-60-62-68(72)67(66-77-78(74,75)76-65-64-71(3,4)5)70-69(73)63-61-59-57-55-53-51-49-47-45-43-40-29-27-25-23-21-19-17-15-13-11-9-7-2/h9,11,15,17,21,23,27,29,43,45,49,51,55,57,67-68,72H,6-8,10,12-14,16,18-20,22,24-26,28,30-42,44,46-48,50,52-54,56,58-66H2,1-5H3,(H-,70,73,74,75)/p+1/b11-9-,17-15-,23-21-,29-27-,45-43-,51-49-,57-55-. The summed E-state index contributed by atoms with van der Waals surface area (Å²) in [6.45, 7) is 4.75. The molecule has 78 heavy (non-hydrogen) atoms. The number of amides is 1. The SMILES string of the molecule is CC/C=C\C/C=C\C/C=C\C/C=C\C/C=C\C/C=C\C/C=C\CCCC(=O)NC(COP(=O)(O)OCC[N+](C)(C)C)C(O)CCCCCCCCCCCCCCCCCCCCCCCCCCCCCCCCCCC. The van der Waals surface area contributed by atoms with Gasteiger partial charge in [0.05, 0.1) is 39.9 Å². The molecule has 1 amide bonds. The molecule has 0 aliphatic rings. The number of unbranched alkanes of at least 4 members (excludes halogenated alkanes) is 33. The molecule has 0 spiro atoms. The Bertz CT molecular complexity index is 1550. The average molecular weight is 1110 g/mol. The maximum Gasteiger partial charge on any atom is 0.472 e. The maximum atomic E-state index is 13.0. The second-order valence-electron chi connectivity index (χ2n) is 23.5. The van der Waals surface area contributed by atoms with Gasteiger partial charge >= 0.3 is 7.82 Å². The van der Waals surface area contributed by atoms with Gasteiger partial charge in [-0.15, -0.1) is 0 Å². The maximum absolute atomic E-state index is 13.0. The number of rotatable bonds is 60. The molecule has 0 heterocycles. The molecule has 8 nitrogen and oxygen atoms in total. The third kappa shape index (κ3) is 61.3. The lowest BCUT2D eigenvalue weighted by atomic mass is 10.0. The van der Waals surface area contributed by atoms with E-state index in [0.717, 1.165) is 70.6 Å². The van der Waals surface area contributed by atoms with Crippen LogP contribution in [0.4, 0.5) is 0 Å². The van der Waals surface area contributed by atoms with Gasteiger partial charge < -0.3 is 19.8 Å². The van der Waals surface area contributed by atoms with Gasteiger partial charge in [-0.25, -0.2) is 4.57 Å². The fourth-order valence-corrected chi connectivity index (χ4v) is 10.3. The van der Waals surface area contributed by atoms with Gasteiger partial charge in [-0.1, -0.05) is 311 Å². The highest BCUT2D eigenvalue weighted by Gasteiger charge is 2.28. The summed E-state index contributed by atoms with van der Waals surface area (Å²) in [4.78, 5) is 23.4. The van der Waals surface area contributed by atoms with E-state index in [4.69, 9.17) is 9.05 Å². The Balaban J connectivity index is 4.12. The minimum Gasteiger partial charge on any atom is -0.391 e. The minimum atomic E-state index is -4.35. The molecule has 0 rings (SSSR count). The molecular weight excluding hydrogens is 984 g/mol. The molecule has 3 atom stereocenters. The second kappa shape index (κ2) is 59.3. The van der Waals surface area contributed by atoms with E-state index in [1.165, 1.54) is 193 Å². The Labute approximate surface area is 484 Å². The van der Waals surface area contributed by atoms with Crippen molar-refractivity contribution in [2.24, 2.45) is 0 Å².